The molecule has 0 aliphatic carbocycles. The van der Waals surface area contributed by atoms with Crippen LogP contribution < -0.4 is 14.8 Å². The minimum atomic E-state index is -0.659. The molecule has 0 saturated heterocycles. The van der Waals surface area contributed by atoms with E-state index in [1.54, 1.807) is 18.9 Å². The van der Waals surface area contributed by atoms with Gasteiger partial charge in [-0.2, -0.15) is 0 Å². The standard InChI is InChI=1S/C27H32N2O4/c1-5-19(2)28-27(31)20(3)29(17-21-10-8-13-23(16-21)32-4)26(30)18-33-25-15-9-12-22-11-6-7-14-24(22)25/h6-16,19-20H,5,17-18H2,1-4H3,(H,28,31). The van der Waals surface area contributed by atoms with Gasteiger partial charge in [-0.25, -0.2) is 0 Å². The molecule has 6 heteroatoms. The van der Waals surface area contributed by atoms with Crippen molar-refractivity contribution in [3.8, 4) is 11.5 Å². The molecule has 3 rings (SSSR count). The van der Waals surface area contributed by atoms with E-state index in [9.17, 15) is 9.59 Å². The second-order valence-corrected chi connectivity index (χ2v) is 8.13. The number of fused-ring (bicyclic) bond motifs is 1. The van der Waals surface area contributed by atoms with Crippen LogP contribution in [0, 0.1) is 0 Å². The van der Waals surface area contributed by atoms with E-state index >= 15 is 0 Å². The number of hydrogen-bond donors (Lipinski definition) is 1. The van der Waals surface area contributed by atoms with Gasteiger partial charge in [0.15, 0.2) is 6.61 Å². The second-order valence-electron chi connectivity index (χ2n) is 8.13. The Morgan fingerprint density at radius 1 is 1.00 bits per heavy atom. The van der Waals surface area contributed by atoms with Gasteiger partial charge in [-0.3, -0.25) is 9.59 Å². The van der Waals surface area contributed by atoms with Gasteiger partial charge in [0.25, 0.3) is 5.91 Å². The summed E-state index contributed by atoms with van der Waals surface area (Å²) in [4.78, 5) is 27.7. The van der Waals surface area contributed by atoms with Crippen molar-refractivity contribution in [2.75, 3.05) is 13.7 Å². The van der Waals surface area contributed by atoms with Crippen molar-refractivity contribution >= 4 is 22.6 Å². The molecule has 0 aromatic heterocycles. The zero-order valence-electron chi connectivity index (χ0n) is 19.7. The summed E-state index contributed by atoms with van der Waals surface area (Å²) in [6.45, 7) is 5.80. The molecule has 0 aliphatic heterocycles. The second kappa shape index (κ2) is 11.4. The number of nitrogens with one attached hydrogen (secondary N) is 1. The maximum Gasteiger partial charge on any atom is 0.261 e. The third-order valence-corrected chi connectivity index (χ3v) is 5.76. The SMILES string of the molecule is CCC(C)NC(=O)C(C)N(Cc1cccc(OC)c1)C(=O)COc1cccc2ccccc12. The number of ether oxygens (including phenoxy) is 2. The van der Waals surface area contributed by atoms with Crippen LogP contribution >= 0.6 is 0 Å². The molecule has 1 N–H and O–H groups in total. The number of carbonyl (C=O) groups is 2. The van der Waals surface area contributed by atoms with Gasteiger partial charge in [0, 0.05) is 18.0 Å². The van der Waals surface area contributed by atoms with E-state index < -0.39 is 6.04 Å². The van der Waals surface area contributed by atoms with Crippen LogP contribution in [0.2, 0.25) is 0 Å². The third-order valence-electron chi connectivity index (χ3n) is 5.76. The molecule has 2 atom stereocenters. The lowest BCUT2D eigenvalue weighted by molar-refractivity contribution is -0.142. The first-order chi connectivity index (χ1) is 15.9. The molecule has 2 amide bonds. The van der Waals surface area contributed by atoms with Crippen LogP contribution in [-0.4, -0.2) is 42.5 Å². The first-order valence-electron chi connectivity index (χ1n) is 11.3. The average Bonchev–Trinajstić information content (AvgIpc) is 2.85. The predicted molar refractivity (Wildman–Crippen MR) is 130 cm³/mol. The fraction of sp³-hybridized carbons (Fsp3) is 0.333. The molecular formula is C27H32N2O4. The molecule has 0 saturated carbocycles. The van der Waals surface area contributed by atoms with Gasteiger partial charge in [0.1, 0.15) is 17.5 Å². The molecule has 6 nitrogen and oxygen atoms in total. The van der Waals surface area contributed by atoms with Gasteiger partial charge in [-0.05, 0) is 49.4 Å². The topological polar surface area (TPSA) is 67.9 Å². The lowest BCUT2D eigenvalue weighted by Gasteiger charge is -2.29. The van der Waals surface area contributed by atoms with Crippen LogP contribution in [0.4, 0.5) is 0 Å². The third kappa shape index (κ3) is 6.25. The lowest BCUT2D eigenvalue weighted by Crippen LogP contribution is -2.50. The Labute approximate surface area is 195 Å². The largest absolute Gasteiger partial charge is 0.497 e. The Bertz CT molecular complexity index is 1090. The van der Waals surface area contributed by atoms with Gasteiger partial charge < -0.3 is 19.7 Å². The molecular weight excluding hydrogens is 416 g/mol. The molecule has 0 radical (unpaired) electrons. The van der Waals surface area contributed by atoms with Crippen LogP contribution in [0.1, 0.15) is 32.8 Å². The normalized spacial score (nSPS) is 12.6. The average molecular weight is 449 g/mol. The first-order valence-corrected chi connectivity index (χ1v) is 11.3. The number of carbonyl (C=O) groups excluding carboxylic acids is 2. The van der Waals surface area contributed by atoms with Crippen LogP contribution in [0.3, 0.4) is 0 Å². The Balaban J connectivity index is 1.80. The quantitative estimate of drug-likeness (QED) is 0.494. The highest BCUT2D eigenvalue weighted by Gasteiger charge is 2.27. The number of amides is 2. The molecule has 3 aromatic carbocycles. The van der Waals surface area contributed by atoms with Crippen molar-refractivity contribution in [1.29, 1.82) is 0 Å². The summed E-state index contributed by atoms with van der Waals surface area (Å²) >= 11 is 0. The van der Waals surface area contributed by atoms with Crippen molar-refractivity contribution in [1.82, 2.24) is 10.2 Å². The zero-order chi connectivity index (χ0) is 23.8. The summed E-state index contributed by atoms with van der Waals surface area (Å²) in [5.41, 5.74) is 0.871. The molecule has 33 heavy (non-hydrogen) atoms. The predicted octanol–water partition coefficient (Wildman–Crippen LogP) is 4.56. The Morgan fingerprint density at radius 3 is 2.48 bits per heavy atom. The molecule has 3 aromatic rings. The van der Waals surface area contributed by atoms with Gasteiger partial charge >= 0.3 is 0 Å². The zero-order valence-corrected chi connectivity index (χ0v) is 19.7. The van der Waals surface area contributed by atoms with E-state index in [4.69, 9.17) is 9.47 Å². The number of hydrogen-bond acceptors (Lipinski definition) is 4. The van der Waals surface area contributed by atoms with E-state index in [-0.39, 0.29) is 31.0 Å². The minimum absolute atomic E-state index is 0.0284. The van der Waals surface area contributed by atoms with Crippen molar-refractivity contribution in [2.24, 2.45) is 0 Å². The monoisotopic (exact) mass is 448 g/mol. The highest BCUT2D eigenvalue weighted by Crippen LogP contribution is 2.25. The highest BCUT2D eigenvalue weighted by molar-refractivity contribution is 5.90. The van der Waals surface area contributed by atoms with Gasteiger partial charge in [0.05, 0.1) is 7.11 Å². The highest BCUT2D eigenvalue weighted by atomic mass is 16.5. The first kappa shape index (κ1) is 24.1. The van der Waals surface area contributed by atoms with Crippen molar-refractivity contribution in [3.05, 3.63) is 72.3 Å². The summed E-state index contributed by atoms with van der Waals surface area (Å²) in [7, 11) is 1.60. The molecule has 0 aliphatic rings. The van der Waals surface area contributed by atoms with E-state index in [2.05, 4.69) is 5.32 Å². The molecule has 2 unspecified atom stereocenters. The van der Waals surface area contributed by atoms with E-state index in [1.165, 1.54) is 0 Å². The van der Waals surface area contributed by atoms with Gasteiger partial charge in [0.2, 0.25) is 5.91 Å². The smallest absolute Gasteiger partial charge is 0.261 e. The number of methoxy groups -OCH3 is 1. The summed E-state index contributed by atoms with van der Waals surface area (Å²) in [5, 5.41) is 4.95. The van der Waals surface area contributed by atoms with Crippen LogP contribution in [-0.2, 0) is 16.1 Å². The van der Waals surface area contributed by atoms with Crippen LogP contribution in [0.5, 0.6) is 11.5 Å². The maximum atomic E-state index is 13.3. The molecule has 0 heterocycles. The minimum Gasteiger partial charge on any atom is -0.497 e. The lowest BCUT2D eigenvalue weighted by atomic mass is 10.1. The van der Waals surface area contributed by atoms with Crippen molar-refractivity contribution < 1.29 is 19.1 Å². The van der Waals surface area contributed by atoms with Gasteiger partial charge in [-0.1, -0.05) is 55.5 Å². The Hall–Kier alpha value is -3.54. The van der Waals surface area contributed by atoms with Crippen LogP contribution in [0.25, 0.3) is 10.8 Å². The number of benzene rings is 3. The summed E-state index contributed by atoms with van der Waals surface area (Å²) in [6, 6.07) is 20.5. The van der Waals surface area contributed by atoms with Crippen molar-refractivity contribution in [2.45, 2.75) is 45.8 Å². The molecule has 0 spiro atoms. The fourth-order valence-corrected chi connectivity index (χ4v) is 3.56. The Morgan fingerprint density at radius 2 is 1.73 bits per heavy atom. The molecule has 174 valence electrons. The maximum absolute atomic E-state index is 13.3. The van der Waals surface area contributed by atoms with Crippen LogP contribution in [0.15, 0.2) is 66.7 Å². The number of rotatable bonds is 10. The van der Waals surface area contributed by atoms with E-state index in [0.29, 0.717) is 11.5 Å². The summed E-state index contributed by atoms with van der Waals surface area (Å²) < 4.78 is 11.2. The fourth-order valence-electron chi connectivity index (χ4n) is 3.56. The van der Waals surface area contributed by atoms with E-state index in [0.717, 1.165) is 22.8 Å². The van der Waals surface area contributed by atoms with E-state index in [1.807, 2.05) is 80.6 Å². The molecule has 0 bridgehead atoms. The molecule has 0 fully saturated rings. The number of nitrogens with zero attached hydrogens (tertiary/aromatic N) is 1. The summed E-state index contributed by atoms with van der Waals surface area (Å²) in [5.74, 6) is 0.881. The van der Waals surface area contributed by atoms with Gasteiger partial charge in [-0.15, -0.1) is 0 Å². The van der Waals surface area contributed by atoms with Crippen molar-refractivity contribution in [3.63, 3.8) is 0 Å². The Kier molecular flexibility index (Phi) is 8.30. The summed E-state index contributed by atoms with van der Waals surface area (Å²) in [6.07, 6.45) is 0.812.